The van der Waals surface area contributed by atoms with Gasteiger partial charge in [-0.25, -0.2) is 0 Å². The predicted molar refractivity (Wildman–Crippen MR) is 59.8 cm³/mol. The quantitative estimate of drug-likeness (QED) is 0.632. The maximum absolute atomic E-state index is 11.8. The molecule has 1 N–H and O–H groups in total. The van der Waals surface area contributed by atoms with Crippen molar-refractivity contribution < 1.29 is 9.53 Å². The molecule has 1 amide bonds. The van der Waals surface area contributed by atoms with Crippen LogP contribution in [0, 0.1) is 0 Å². The second-order valence-electron chi connectivity index (χ2n) is 3.93. The van der Waals surface area contributed by atoms with E-state index < -0.39 is 0 Å². The van der Waals surface area contributed by atoms with Crippen molar-refractivity contribution in [3.05, 3.63) is 0 Å². The molecule has 88 valence electrons. The smallest absolute Gasteiger partial charge is 0.236 e. The summed E-state index contributed by atoms with van der Waals surface area (Å²) in [6, 6.07) is 0.506. The summed E-state index contributed by atoms with van der Waals surface area (Å²) in [4.78, 5) is 13.8. The fraction of sp³-hybridized carbons (Fsp3) is 0.909. The van der Waals surface area contributed by atoms with Gasteiger partial charge in [-0.05, 0) is 26.2 Å². The van der Waals surface area contributed by atoms with Crippen molar-refractivity contribution in [2.45, 2.75) is 32.2 Å². The molecule has 15 heavy (non-hydrogen) atoms. The third kappa shape index (κ3) is 3.80. The zero-order valence-electron chi connectivity index (χ0n) is 9.79. The Labute approximate surface area is 92.0 Å². The van der Waals surface area contributed by atoms with Gasteiger partial charge in [0.2, 0.25) is 5.91 Å². The number of rotatable bonds is 7. The molecule has 0 aromatic heterocycles. The van der Waals surface area contributed by atoms with E-state index >= 15 is 0 Å². The Bertz CT molecular complexity index is 193. The van der Waals surface area contributed by atoms with E-state index in [1.165, 1.54) is 19.3 Å². The van der Waals surface area contributed by atoms with Crippen LogP contribution in [0.4, 0.5) is 0 Å². The highest BCUT2D eigenvalue weighted by Crippen LogP contribution is 2.24. The van der Waals surface area contributed by atoms with Crippen LogP contribution >= 0.6 is 0 Å². The second kappa shape index (κ2) is 6.80. The Kier molecular flexibility index (Phi) is 5.65. The number of amides is 1. The van der Waals surface area contributed by atoms with Crippen molar-refractivity contribution in [2.75, 3.05) is 33.4 Å². The van der Waals surface area contributed by atoms with E-state index in [4.69, 9.17) is 4.74 Å². The van der Waals surface area contributed by atoms with E-state index in [2.05, 4.69) is 5.32 Å². The standard InChI is InChI=1S/C11H22N2O2/c1-3-13(10-5-4-6-10)11(14)9-12-7-8-15-2/h10,12H,3-9H2,1-2H3. The minimum atomic E-state index is 0.221. The number of hydrogen-bond acceptors (Lipinski definition) is 3. The van der Waals surface area contributed by atoms with Crippen LogP contribution < -0.4 is 5.32 Å². The van der Waals surface area contributed by atoms with Crippen LogP contribution in [0.3, 0.4) is 0 Å². The second-order valence-corrected chi connectivity index (χ2v) is 3.93. The lowest BCUT2D eigenvalue weighted by molar-refractivity contribution is -0.134. The van der Waals surface area contributed by atoms with Gasteiger partial charge < -0.3 is 15.0 Å². The van der Waals surface area contributed by atoms with E-state index in [9.17, 15) is 4.79 Å². The molecule has 1 aliphatic carbocycles. The molecule has 0 aromatic carbocycles. The number of likely N-dealkylation sites (N-methyl/N-ethyl adjacent to an activating group) is 1. The van der Waals surface area contributed by atoms with E-state index in [1.54, 1.807) is 7.11 Å². The van der Waals surface area contributed by atoms with Crippen LogP contribution in [0.1, 0.15) is 26.2 Å². The van der Waals surface area contributed by atoms with Gasteiger partial charge in [0.25, 0.3) is 0 Å². The molecule has 1 aliphatic rings. The van der Waals surface area contributed by atoms with Crippen LogP contribution in [0.25, 0.3) is 0 Å². The van der Waals surface area contributed by atoms with Crippen molar-refractivity contribution in [3.63, 3.8) is 0 Å². The zero-order chi connectivity index (χ0) is 11.1. The minimum absolute atomic E-state index is 0.221. The molecule has 0 unspecified atom stereocenters. The lowest BCUT2D eigenvalue weighted by atomic mass is 9.91. The third-order valence-electron chi connectivity index (χ3n) is 2.94. The molecular formula is C11H22N2O2. The first-order valence-corrected chi connectivity index (χ1v) is 5.78. The Balaban J connectivity index is 2.18. The lowest BCUT2D eigenvalue weighted by Gasteiger charge is -2.37. The molecule has 4 nitrogen and oxygen atoms in total. The molecule has 1 fully saturated rings. The van der Waals surface area contributed by atoms with Crippen LogP contribution in [0.2, 0.25) is 0 Å². The maximum atomic E-state index is 11.8. The first kappa shape index (κ1) is 12.5. The van der Waals surface area contributed by atoms with Crippen molar-refractivity contribution in [2.24, 2.45) is 0 Å². The van der Waals surface area contributed by atoms with Crippen molar-refractivity contribution in [1.29, 1.82) is 0 Å². The molecule has 0 aromatic rings. The number of carbonyl (C=O) groups is 1. The largest absolute Gasteiger partial charge is 0.383 e. The van der Waals surface area contributed by atoms with E-state index in [0.717, 1.165) is 13.1 Å². The number of hydrogen-bond donors (Lipinski definition) is 1. The summed E-state index contributed by atoms with van der Waals surface area (Å²) in [5.41, 5.74) is 0. The number of carbonyl (C=O) groups excluding carboxylic acids is 1. The average Bonchev–Trinajstić information content (AvgIpc) is 2.17. The monoisotopic (exact) mass is 214 g/mol. The van der Waals surface area contributed by atoms with E-state index in [0.29, 0.717) is 19.2 Å². The highest BCUT2D eigenvalue weighted by Gasteiger charge is 2.26. The van der Waals surface area contributed by atoms with Crippen LogP contribution in [0.15, 0.2) is 0 Å². The summed E-state index contributed by atoms with van der Waals surface area (Å²) in [5.74, 6) is 0.221. The van der Waals surface area contributed by atoms with Gasteiger partial charge in [-0.3, -0.25) is 4.79 Å². The molecule has 0 aliphatic heterocycles. The topological polar surface area (TPSA) is 41.6 Å². The van der Waals surface area contributed by atoms with Gasteiger partial charge >= 0.3 is 0 Å². The minimum Gasteiger partial charge on any atom is -0.383 e. The van der Waals surface area contributed by atoms with Gasteiger partial charge in [0.15, 0.2) is 0 Å². The van der Waals surface area contributed by atoms with Crippen LogP contribution in [0.5, 0.6) is 0 Å². The van der Waals surface area contributed by atoms with Gasteiger partial charge in [-0.15, -0.1) is 0 Å². The molecule has 0 heterocycles. The number of nitrogens with one attached hydrogen (secondary N) is 1. The van der Waals surface area contributed by atoms with E-state index in [1.807, 2.05) is 11.8 Å². The fourth-order valence-electron chi connectivity index (χ4n) is 1.81. The molecule has 1 rings (SSSR count). The average molecular weight is 214 g/mol. The number of ether oxygens (including phenoxy) is 1. The highest BCUT2D eigenvalue weighted by molar-refractivity contribution is 5.78. The normalized spacial score (nSPS) is 16.1. The van der Waals surface area contributed by atoms with Gasteiger partial charge in [0, 0.05) is 26.2 Å². The first-order valence-electron chi connectivity index (χ1n) is 5.78. The van der Waals surface area contributed by atoms with Crippen molar-refractivity contribution in [3.8, 4) is 0 Å². The summed E-state index contributed by atoms with van der Waals surface area (Å²) >= 11 is 0. The van der Waals surface area contributed by atoms with Crippen LogP contribution in [-0.2, 0) is 9.53 Å². The molecule has 0 spiro atoms. The van der Waals surface area contributed by atoms with Gasteiger partial charge in [0.1, 0.15) is 0 Å². The summed E-state index contributed by atoms with van der Waals surface area (Å²) in [6.07, 6.45) is 3.63. The summed E-state index contributed by atoms with van der Waals surface area (Å²) in [7, 11) is 1.66. The maximum Gasteiger partial charge on any atom is 0.236 e. The Morgan fingerprint density at radius 1 is 1.53 bits per heavy atom. The Morgan fingerprint density at radius 3 is 2.73 bits per heavy atom. The Morgan fingerprint density at radius 2 is 2.27 bits per heavy atom. The summed E-state index contributed by atoms with van der Waals surface area (Å²) < 4.78 is 4.90. The molecule has 0 saturated heterocycles. The molecule has 4 heteroatoms. The number of nitrogens with zero attached hydrogens (tertiary/aromatic N) is 1. The zero-order valence-corrected chi connectivity index (χ0v) is 9.79. The molecule has 1 saturated carbocycles. The highest BCUT2D eigenvalue weighted by atomic mass is 16.5. The van der Waals surface area contributed by atoms with Crippen molar-refractivity contribution in [1.82, 2.24) is 10.2 Å². The number of methoxy groups -OCH3 is 1. The third-order valence-corrected chi connectivity index (χ3v) is 2.94. The first-order chi connectivity index (χ1) is 7.29. The molecule has 0 bridgehead atoms. The Hall–Kier alpha value is -0.610. The van der Waals surface area contributed by atoms with Gasteiger partial charge in [-0.2, -0.15) is 0 Å². The van der Waals surface area contributed by atoms with Gasteiger partial charge in [0.05, 0.1) is 13.2 Å². The molecule has 0 atom stereocenters. The summed E-state index contributed by atoms with van der Waals surface area (Å²) in [5, 5.41) is 3.09. The lowest BCUT2D eigenvalue weighted by Crippen LogP contribution is -2.47. The molecule has 0 radical (unpaired) electrons. The van der Waals surface area contributed by atoms with Crippen LogP contribution in [-0.4, -0.2) is 50.2 Å². The van der Waals surface area contributed by atoms with E-state index in [-0.39, 0.29) is 5.91 Å². The SMILES string of the molecule is CCN(C(=O)CNCCOC)C1CCC1. The fourth-order valence-corrected chi connectivity index (χ4v) is 1.81. The molecular weight excluding hydrogens is 192 g/mol. The predicted octanol–water partition coefficient (Wildman–Crippen LogP) is 0.623. The van der Waals surface area contributed by atoms with Crippen molar-refractivity contribution >= 4 is 5.91 Å². The van der Waals surface area contributed by atoms with Gasteiger partial charge in [-0.1, -0.05) is 0 Å². The summed E-state index contributed by atoms with van der Waals surface area (Å²) in [6.45, 7) is 4.71.